The van der Waals surface area contributed by atoms with E-state index in [4.69, 9.17) is 15.0 Å². The summed E-state index contributed by atoms with van der Waals surface area (Å²) in [5.41, 5.74) is 6.48. The number of methoxy groups -OCH3 is 1. The highest BCUT2D eigenvalue weighted by Crippen LogP contribution is 2.34. The first kappa shape index (κ1) is 19.7. The summed E-state index contributed by atoms with van der Waals surface area (Å²) in [5.74, 6) is 0.408. The van der Waals surface area contributed by atoms with Crippen LogP contribution < -0.4 is 20.7 Å². The van der Waals surface area contributed by atoms with E-state index in [2.05, 4.69) is 10.5 Å². The molecule has 1 saturated heterocycles. The highest BCUT2D eigenvalue weighted by molar-refractivity contribution is 6.05. The largest absolute Gasteiger partial charge is 0.497 e. The molecule has 1 atom stereocenters. The van der Waals surface area contributed by atoms with Gasteiger partial charge >= 0.3 is 0 Å². The molecule has 8 nitrogen and oxygen atoms in total. The molecule has 150 valence electrons. The lowest BCUT2D eigenvalue weighted by atomic mass is 10.0. The Morgan fingerprint density at radius 1 is 1.21 bits per heavy atom. The summed E-state index contributed by atoms with van der Waals surface area (Å²) in [7, 11) is 1.59. The van der Waals surface area contributed by atoms with E-state index in [9.17, 15) is 9.59 Å². The second-order valence-corrected chi connectivity index (χ2v) is 7.23. The Hall–Kier alpha value is -3.03. The van der Waals surface area contributed by atoms with Crippen molar-refractivity contribution in [3.05, 3.63) is 29.8 Å². The summed E-state index contributed by atoms with van der Waals surface area (Å²) in [5, 5.41) is 6.93. The van der Waals surface area contributed by atoms with Gasteiger partial charge in [0.05, 0.1) is 7.11 Å². The van der Waals surface area contributed by atoms with Crippen LogP contribution in [0.25, 0.3) is 11.3 Å². The molecule has 1 fully saturated rings. The maximum atomic E-state index is 13.1. The highest BCUT2D eigenvalue weighted by Gasteiger charge is 2.31. The average Bonchev–Trinajstić information content (AvgIpc) is 3.34. The number of carbonyl (C=O) groups is 2. The fourth-order valence-electron chi connectivity index (χ4n) is 3.35. The van der Waals surface area contributed by atoms with Crippen LogP contribution in [-0.4, -0.2) is 43.2 Å². The van der Waals surface area contributed by atoms with Crippen LogP contribution in [0.5, 0.6) is 5.75 Å². The lowest BCUT2D eigenvalue weighted by molar-refractivity contribution is -0.120. The molecule has 0 spiro atoms. The van der Waals surface area contributed by atoms with E-state index in [-0.39, 0.29) is 5.92 Å². The van der Waals surface area contributed by atoms with E-state index >= 15 is 0 Å². The van der Waals surface area contributed by atoms with Gasteiger partial charge in [-0.05, 0) is 43.0 Å². The van der Waals surface area contributed by atoms with E-state index in [0.29, 0.717) is 28.5 Å². The van der Waals surface area contributed by atoms with E-state index in [1.807, 2.05) is 18.7 Å². The topological polar surface area (TPSA) is 111 Å². The monoisotopic (exact) mass is 386 g/mol. The number of rotatable bonds is 7. The zero-order valence-corrected chi connectivity index (χ0v) is 16.4. The molecule has 2 aromatic rings. The van der Waals surface area contributed by atoms with Crippen molar-refractivity contribution >= 4 is 17.6 Å². The zero-order valence-electron chi connectivity index (χ0n) is 16.4. The molecule has 1 aromatic carbocycles. The van der Waals surface area contributed by atoms with Gasteiger partial charge in [0.2, 0.25) is 5.91 Å². The smallest absolute Gasteiger partial charge is 0.259 e. The van der Waals surface area contributed by atoms with Gasteiger partial charge in [-0.2, -0.15) is 0 Å². The van der Waals surface area contributed by atoms with Crippen LogP contribution >= 0.6 is 0 Å². The minimum Gasteiger partial charge on any atom is -0.497 e. The fraction of sp³-hybridized carbons (Fsp3) is 0.450. The Bertz CT molecular complexity index is 838. The van der Waals surface area contributed by atoms with Gasteiger partial charge in [-0.25, -0.2) is 0 Å². The second-order valence-electron chi connectivity index (χ2n) is 7.23. The molecule has 0 bridgehead atoms. The lowest BCUT2D eigenvalue weighted by Crippen LogP contribution is -2.48. The van der Waals surface area contributed by atoms with Crippen molar-refractivity contribution in [2.45, 2.75) is 32.7 Å². The molecular formula is C20H26N4O4. The number of amides is 2. The van der Waals surface area contributed by atoms with Gasteiger partial charge in [-0.1, -0.05) is 19.0 Å². The average molecular weight is 386 g/mol. The molecule has 0 saturated carbocycles. The molecule has 3 rings (SSSR count). The summed E-state index contributed by atoms with van der Waals surface area (Å²) in [6, 6.07) is 6.40. The van der Waals surface area contributed by atoms with Crippen molar-refractivity contribution in [3.63, 3.8) is 0 Å². The summed E-state index contributed by atoms with van der Waals surface area (Å²) in [4.78, 5) is 26.9. The third-order valence-electron chi connectivity index (χ3n) is 4.92. The number of ether oxygens (including phenoxy) is 1. The summed E-state index contributed by atoms with van der Waals surface area (Å²) in [6.45, 7) is 5.26. The normalized spacial score (nSPS) is 14.9. The van der Waals surface area contributed by atoms with E-state index < -0.39 is 17.9 Å². The number of anilines is 1. The molecule has 2 heterocycles. The molecule has 3 N–H and O–H groups in total. The summed E-state index contributed by atoms with van der Waals surface area (Å²) < 4.78 is 10.8. The van der Waals surface area contributed by atoms with E-state index in [0.717, 1.165) is 25.9 Å². The van der Waals surface area contributed by atoms with Crippen LogP contribution in [0.15, 0.2) is 28.8 Å². The number of hydrogen-bond acceptors (Lipinski definition) is 6. The van der Waals surface area contributed by atoms with Crippen LogP contribution in [-0.2, 0) is 4.79 Å². The van der Waals surface area contributed by atoms with E-state index in [1.54, 1.807) is 31.4 Å². The number of primary amides is 1. The van der Waals surface area contributed by atoms with Gasteiger partial charge < -0.3 is 25.2 Å². The van der Waals surface area contributed by atoms with Crippen molar-refractivity contribution in [1.82, 2.24) is 10.5 Å². The number of hydrogen-bond donors (Lipinski definition) is 2. The van der Waals surface area contributed by atoms with Crippen LogP contribution in [0, 0.1) is 5.92 Å². The Labute approximate surface area is 164 Å². The lowest BCUT2D eigenvalue weighted by Gasteiger charge is -2.20. The van der Waals surface area contributed by atoms with Crippen molar-refractivity contribution in [3.8, 4) is 17.1 Å². The van der Waals surface area contributed by atoms with Gasteiger partial charge in [-0.3, -0.25) is 9.59 Å². The molecule has 1 aromatic heterocycles. The molecule has 0 aliphatic carbocycles. The number of nitrogens with two attached hydrogens (primary N) is 1. The van der Waals surface area contributed by atoms with Crippen LogP contribution in [0.2, 0.25) is 0 Å². The minimum atomic E-state index is -0.780. The second kappa shape index (κ2) is 8.33. The predicted molar refractivity (Wildman–Crippen MR) is 105 cm³/mol. The molecule has 8 heteroatoms. The summed E-state index contributed by atoms with van der Waals surface area (Å²) >= 11 is 0. The van der Waals surface area contributed by atoms with Crippen molar-refractivity contribution in [1.29, 1.82) is 0 Å². The summed E-state index contributed by atoms with van der Waals surface area (Å²) in [6.07, 6.45) is 2.06. The van der Waals surface area contributed by atoms with Crippen LogP contribution in [0.4, 0.5) is 5.82 Å². The molecule has 28 heavy (non-hydrogen) atoms. The minimum absolute atomic E-state index is 0.138. The molecular weight excluding hydrogens is 360 g/mol. The van der Waals surface area contributed by atoms with Gasteiger partial charge in [-0.15, -0.1) is 0 Å². The number of nitrogens with zero attached hydrogens (tertiary/aromatic N) is 2. The first-order valence-electron chi connectivity index (χ1n) is 9.41. The Morgan fingerprint density at radius 2 is 1.86 bits per heavy atom. The van der Waals surface area contributed by atoms with E-state index in [1.165, 1.54) is 0 Å². The van der Waals surface area contributed by atoms with Gasteiger partial charge in [0.1, 0.15) is 17.4 Å². The van der Waals surface area contributed by atoms with Crippen LogP contribution in [0.1, 0.15) is 37.0 Å². The first-order chi connectivity index (χ1) is 13.4. The van der Waals surface area contributed by atoms with Crippen molar-refractivity contribution in [2.24, 2.45) is 11.7 Å². The molecule has 1 aliphatic heterocycles. The van der Waals surface area contributed by atoms with Crippen LogP contribution in [0.3, 0.4) is 0 Å². The standard InChI is InChI=1S/C20H26N4O4/c1-12(2)16(18(21)25)22-20(26)15-17(13-6-8-14(27-3)9-7-13)28-23-19(15)24-10-4-5-11-24/h6-9,12,16H,4-5,10-11H2,1-3H3,(H2,21,25)(H,22,26)/t16-/m0/s1. The highest BCUT2D eigenvalue weighted by atomic mass is 16.5. The number of carbonyl (C=O) groups excluding carboxylic acids is 2. The maximum absolute atomic E-state index is 13.1. The quantitative estimate of drug-likeness (QED) is 0.755. The van der Waals surface area contributed by atoms with Crippen molar-refractivity contribution < 1.29 is 18.8 Å². The Kier molecular flexibility index (Phi) is 5.87. The Balaban J connectivity index is 2.01. The fourth-order valence-corrected chi connectivity index (χ4v) is 3.35. The number of benzene rings is 1. The molecule has 1 aliphatic rings. The SMILES string of the molecule is COc1ccc(-c2onc(N3CCCC3)c2C(=O)N[C@H](C(N)=O)C(C)C)cc1. The number of nitrogens with one attached hydrogen (secondary N) is 1. The molecule has 2 amide bonds. The Morgan fingerprint density at radius 3 is 2.39 bits per heavy atom. The zero-order chi connectivity index (χ0) is 20.3. The first-order valence-corrected chi connectivity index (χ1v) is 9.41. The van der Waals surface area contributed by atoms with Gasteiger partial charge in [0, 0.05) is 18.7 Å². The van der Waals surface area contributed by atoms with Crippen molar-refractivity contribution in [2.75, 3.05) is 25.1 Å². The van der Waals surface area contributed by atoms with Gasteiger partial charge in [0.15, 0.2) is 11.6 Å². The number of aromatic nitrogens is 1. The third-order valence-corrected chi connectivity index (χ3v) is 4.92. The molecule has 0 radical (unpaired) electrons. The molecule has 0 unspecified atom stereocenters. The van der Waals surface area contributed by atoms with Gasteiger partial charge in [0.25, 0.3) is 5.91 Å². The maximum Gasteiger partial charge on any atom is 0.259 e. The third kappa shape index (κ3) is 3.95. The predicted octanol–water partition coefficient (Wildman–Crippen LogP) is 2.19.